The molecule has 2 atom stereocenters. The van der Waals surface area contributed by atoms with Gasteiger partial charge in [0, 0.05) is 22.5 Å². The molecule has 0 bridgehead atoms. The van der Waals surface area contributed by atoms with Crippen LogP contribution in [0.4, 0.5) is 0 Å². The zero-order valence-corrected chi connectivity index (χ0v) is 17.3. The van der Waals surface area contributed by atoms with E-state index in [1.165, 1.54) is 16.7 Å². The molecule has 1 saturated heterocycles. The number of nitrogens with zero attached hydrogens (tertiary/aromatic N) is 1. The van der Waals surface area contributed by atoms with E-state index in [2.05, 4.69) is 21.2 Å². The van der Waals surface area contributed by atoms with Gasteiger partial charge in [0.05, 0.1) is 16.8 Å². The zero-order chi connectivity index (χ0) is 18.6. The fourth-order valence-electron chi connectivity index (χ4n) is 2.37. The van der Waals surface area contributed by atoms with Crippen molar-refractivity contribution in [2.45, 2.75) is 30.0 Å². The van der Waals surface area contributed by atoms with Crippen LogP contribution in [0.3, 0.4) is 0 Å². The van der Waals surface area contributed by atoms with Gasteiger partial charge in [-0.3, -0.25) is 9.59 Å². The molecule has 138 valence electrons. The predicted molar refractivity (Wildman–Crippen MR) is 102 cm³/mol. The predicted octanol–water partition coefficient (Wildman–Crippen LogP) is 1.69. The molecule has 9 heteroatoms. The molecule has 25 heavy (non-hydrogen) atoms. The maximum absolute atomic E-state index is 12.4. The first-order valence-corrected chi connectivity index (χ1v) is 11.4. The van der Waals surface area contributed by atoms with Gasteiger partial charge in [0.1, 0.15) is 6.04 Å². The Morgan fingerprint density at radius 1 is 1.16 bits per heavy atom. The second kappa shape index (κ2) is 8.55. The van der Waals surface area contributed by atoms with E-state index in [-0.39, 0.29) is 41.7 Å². The Kier molecular flexibility index (Phi) is 6.93. The van der Waals surface area contributed by atoms with Crippen LogP contribution in [0.1, 0.15) is 13.8 Å². The number of carbonyl (C=O) groups is 2. The number of nitrogens with one attached hydrogen (secondary N) is 1. The van der Waals surface area contributed by atoms with Crippen molar-refractivity contribution in [2.75, 3.05) is 24.6 Å². The summed E-state index contributed by atoms with van der Waals surface area (Å²) >= 11 is 4.78. The average Bonchev–Trinajstić information content (AvgIpc) is 2.56. The third kappa shape index (κ3) is 6.00. The second-order valence-electron chi connectivity index (χ2n) is 5.92. The minimum atomic E-state index is -3.04. The van der Waals surface area contributed by atoms with Crippen LogP contribution in [-0.2, 0) is 19.4 Å². The van der Waals surface area contributed by atoms with Crippen LogP contribution in [-0.4, -0.2) is 61.0 Å². The molecule has 1 aliphatic rings. The van der Waals surface area contributed by atoms with Crippen molar-refractivity contribution in [1.29, 1.82) is 0 Å². The fraction of sp³-hybridized carbons (Fsp3) is 0.500. The number of thioether (sulfide) groups is 1. The highest BCUT2D eigenvalue weighted by atomic mass is 79.9. The van der Waals surface area contributed by atoms with E-state index in [1.807, 2.05) is 24.3 Å². The summed E-state index contributed by atoms with van der Waals surface area (Å²) in [6.07, 6.45) is 0. The standard InChI is InChI=1S/C16H21BrN2O4S2/c1-11(16(21)19-7-9-25(22,23)10-8-19)18-15(20)12(2)24-14-5-3-13(17)4-6-14/h3-6,11-12H,7-10H2,1-2H3,(H,18,20). The van der Waals surface area contributed by atoms with Crippen molar-refractivity contribution >= 4 is 49.3 Å². The maximum atomic E-state index is 12.4. The number of hydrogen-bond acceptors (Lipinski definition) is 5. The molecule has 1 aliphatic heterocycles. The third-order valence-corrected chi connectivity index (χ3v) is 7.13. The summed E-state index contributed by atoms with van der Waals surface area (Å²) in [5, 5.41) is 2.37. The molecule has 2 rings (SSSR count). The minimum absolute atomic E-state index is 0.0186. The van der Waals surface area contributed by atoms with Crippen LogP contribution in [0, 0.1) is 0 Å². The summed E-state index contributed by atoms with van der Waals surface area (Å²) in [7, 11) is -3.04. The molecule has 0 spiro atoms. The van der Waals surface area contributed by atoms with Crippen LogP contribution in [0.5, 0.6) is 0 Å². The Hall–Kier alpha value is -1.06. The number of hydrogen-bond donors (Lipinski definition) is 1. The summed E-state index contributed by atoms with van der Waals surface area (Å²) < 4.78 is 23.8. The molecule has 1 aromatic rings. The van der Waals surface area contributed by atoms with Gasteiger partial charge in [0.2, 0.25) is 11.8 Å². The van der Waals surface area contributed by atoms with Crippen LogP contribution >= 0.6 is 27.7 Å². The molecule has 0 aromatic heterocycles. The van der Waals surface area contributed by atoms with Gasteiger partial charge in [-0.1, -0.05) is 15.9 Å². The van der Waals surface area contributed by atoms with Gasteiger partial charge in [0.15, 0.2) is 9.84 Å². The molecule has 1 fully saturated rings. The minimum Gasteiger partial charge on any atom is -0.344 e. The van der Waals surface area contributed by atoms with Gasteiger partial charge in [-0.05, 0) is 38.1 Å². The highest BCUT2D eigenvalue weighted by Gasteiger charge is 2.29. The Balaban J connectivity index is 1.86. The Labute approximate surface area is 160 Å². The van der Waals surface area contributed by atoms with Gasteiger partial charge < -0.3 is 10.2 Å². The van der Waals surface area contributed by atoms with Crippen molar-refractivity contribution in [3.05, 3.63) is 28.7 Å². The molecular weight excluding hydrogens is 428 g/mol. The topological polar surface area (TPSA) is 83.6 Å². The van der Waals surface area contributed by atoms with E-state index in [0.717, 1.165) is 9.37 Å². The van der Waals surface area contributed by atoms with Crippen molar-refractivity contribution < 1.29 is 18.0 Å². The van der Waals surface area contributed by atoms with Crippen LogP contribution in [0.15, 0.2) is 33.6 Å². The summed E-state index contributed by atoms with van der Waals surface area (Å²) in [5.41, 5.74) is 0. The molecule has 2 amide bonds. The Morgan fingerprint density at radius 2 is 1.72 bits per heavy atom. The molecule has 0 aliphatic carbocycles. The van der Waals surface area contributed by atoms with E-state index in [4.69, 9.17) is 0 Å². The van der Waals surface area contributed by atoms with Gasteiger partial charge in [-0.2, -0.15) is 0 Å². The first-order chi connectivity index (χ1) is 11.7. The van der Waals surface area contributed by atoms with Crippen LogP contribution in [0.25, 0.3) is 0 Å². The SMILES string of the molecule is CC(NC(=O)C(C)Sc1ccc(Br)cc1)C(=O)N1CCS(=O)(=O)CC1. The first kappa shape index (κ1) is 20.3. The van der Waals surface area contributed by atoms with E-state index in [0.29, 0.717) is 0 Å². The van der Waals surface area contributed by atoms with E-state index in [9.17, 15) is 18.0 Å². The molecule has 0 saturated carbocycles. The molecule has 2 unspecified atom stereocenters. The normalized spacial score (nSPS) is 19.1. The van der Waals surface area contributed by atoms with E-state index < -0.39 is 15.9 Å². The zero-order valence-electron chi connectivity index (χ0n) is 14.1. The summed E-state index contributed by atoms with van der Waals surface area (Å²) in [4.78, 5) is 27.1. The number of rotatable bonds is 5. The summed E-state index contributed by atoms with van der Waals surface area (Å²) in [6, 6.07) is 6.97. The average molecular weight is 449 g/mol. The highest BCUT2D eigenvalue weighted by molar-refractivity contribution is 9.10. The largest absolute Gasteiger partial charge is 0.344 e. The van der Waals surface area contributed by atoms with Crippen LogP contribution < -0.4 is 5.32 Å². The lowest BCUT2D eigenvalue weighted by Crippen LogP contribution is -2.52. The monoisotopic (exact) mass is 448 g/mol. The fourth-order valence-corrected chi connectivity index (χ4v) is 4.71. The van der Waals surface area contributed by atoms with Gasteiger partial charge >= 0.3 is 0 Å². The molecule has 6 nitrogen and oxygen atoms in total. The molecule has 1 aromatic carbocycles. The number of carbonyl (C=O) groups excluding carboxylic acids is 2. The van der Waals surface area contributed by atoms with Crippen molar-refractivity contribution in [1.82, 2.24) is 10.2 Å². The maximum Gasteiger partial charge on any atom is 0.244 e. The molecule has 1 N–H and O–H groups in total. The highest BCUT2D eigenvalue weighted by Crippen LogP contribution is 2.25. The van der Waals surface area contributed by atoms with Gasteiger partial charge in [-0.15, -0.1) is 11.8 Å². The third-order valence-electron chi connectivity index (χ3n) is 3.88. The lowest BCUT2D eigenvalue weighted by atomic mass is 10.2. The number of sulfone groups is 1. The number of halogens is 1. The lowest BCUT2D eigenvalue weighted by Gasteiger charge is -2.29. The van der Waals surface area contributed by atoms with Crippen molar-refractivity contribution in [3.63, 3.8) is 0 Å². The summed E-state index contributed by atoms with van der Waals surface area (Å²) in [6.45, 7) is 3.78. The van der Waals surface area contributed by atoms with Crippen molar-refractivity contribution in [2.24, 2.45) is 0 Å². The van der Waals surface area contributed by atoms with Crippen LogP contribution in [0.2, 0.25) is 0 Å². The quantitative estimate of drug-likeness (QED) is 0.692. The van der Waals surface area contributed by atoms with Crippen molar-refractivity contribution in [3.8, 4) is 0 Å². The smallest absolute Gasteiger partial charge is 0.244 e. The second-order valence-corrected chi connectivity index (χ2v) is 10.6. The lowest BCUT2D eigenvalue weighted by molar-refractivity contribution is -0.135. The van der Waals surface area contributed by atoms with E-state index in [1.54, 1.807) is 13.8 Å². The molecular formula is C16H21BrN2O4S2. The van der Waals surface area contributed by atoms with Gasteiger partial charge in [0.25, 0.3) is 0 Å². The van der Waals surface area contributed by atoms with E-state index >= 15 is 0 Å². The Bertz CT molecular complexity index is 723. The molecule has 1 heterocycles. The number of amides is 2. The van der Waals surface area contributed by atoms with Gasteiger partial charge in [-0.25, -0.2) is 8.42 Å². The Morgan fingerprint density at radius 3 is 2.28 bits per heavy atom. The first-order valence-electron chi connectivity index (χ1n) is 7.90. The number of benzene rings is 1. The molecule has 0 radical (unpaired) electrons. The summed E-state index contributed by atoms with van der Waals surface area (Å²) in [5.74, 6) is -0.507.